The molecular weight excluding hydrogens is 178 g/mol. The molecule has 1 aromatic carbocycles. The van der Waals surface area contributed by atoms with E-state index in [9.17, 15) is 4.79 Å². The summed E-state index contributed by atoms with van der Waals surface area (Å²) in [6.45, 7) is 0.513. The predicted molar refractivity (Wildman–Crippen MR) is 55.0 cm³/mol. The smallest absolute Gasteiger partial charge is 0.156 e. The lowest BCUT2D eigenvalue weighted by Crippen LogP contribution is -2.32. The van der Waals surface area contributed by atoms with E-state index in [2.05, 4.69) is 0 Å². The fourth-order valence-electron chi connectivity index (χ4n) is 1.82. The van der Waals surface area contributed by atoms with E-state index in [1.165, 1.54) is 0 Å². The van der Waals surface area contributed by atoms with Crippen LogP contribution in [0.2, 0.25) is 0 Å². The van der Waals surface area contributed by atoms with Crippen molar-refractivity contribution in [2.75, 3.05) is 25.6 Å². The first-order valence-electron chi connectivity index (χ1n) is 4.60. The first-order chi connectivity index (χ1) is 6.70. The van der Waals surface area contributed by atoms with Gasteiger partial charge in [0, 0.05) is 19.2 Å². The third-order valence-corrected chi connectivity index (χ3v) is 2.50. The maximum atomic E-state index is 11.4. The number of likely N-dealkylation sites (N-methyl/N-ethyl adjacent to an activating group) is 1. The molecule has 0 atom stereocenters. The quantitative estimate of drug-likeness (QED) is 0.669. The summed E-state index contributed by atoms with van der Waals surface area (Å²) in [7, 11) is 3.57. The Kier molecular flexibility index (Phi) is 2.15. The highest BCUT2D eigenvalue weighted by atomic mass is 16.5. The highest BCUT2D eigenvalue weighted by Crippen LogP contribution is 2.28. The second-order valence-corrected chi connectivity index (χ2v) is 3.57. The van der Waals surface area contributed by atoms with Crippen LogP contribution in [0, 0.1) is 0 Å². The number of methoxy groups -OCH3 is 1. The molecule has 0 fully saturated rings. The molecule has 1 aliphatic heterocycles. The fourth-order valence-corrected chi connectivity index (χ4v) is 1.82. The largest absolute Gasteiger partial charge is 0.497 e. The maximum Gasteiger partial charge on any atom is 0.156 e. The minimum atomic E-state index is 0.258. The number of ketones is 1. The van der Waals surface area contributed by atoms with Gasteiger partial charge in [-0.05, 0) is 23.8 Å². The topological polar surface area (TPSA) is 29.5 Å². The molecule has 14 heavy (non-hydrogen) atoms. The summed E-state index contributed by atoms with van der Waals surface area (Å²) in [6, 6.07) is 5.86. The van der Waals surface area contributed by atoms with Gasteiger partial charge in [-0.1, -0.05) is 0 Å². The standard InChI is InChI=1S/C11H13NO2/c1-12-7-9(13)5-8-6-10(14-2)3-4-11(8)12/h3-4,6H,5,7H2,1-2H3. The number of fused-ring (bicyclic) bond motifs is 1. The number of ether oxygens (including phenoxy) is 1. The second kappa shape index (κ2) is 3.33. The van der Waals surface area contributed by atoms with Crippen LogP contribution in [0.4, 0.5) is 5.69 Å². The molecule has 0 spiro atoms. The molecule has 0 bridgehead atoms. The number of benzene rings is 1. The monoisotopic (exact) mass is 191 g/mol. The van der Waals surface area contributed by atoms with Crippen molar-refractivity contribution >= 4 is 11.5 Å². The number of carbonyl (C=O) groups is 1. The molecule has 2 rings (SSSR count). The van der Waals surface area contributed by atoms with E-state index >= 15 is 0 Å². The first-order valence-corrected chi connectivity index (χ1v) is 4.60. The molecule has 0 aliphatic carbocycles. The summed E-state index contributed by atoms with van der Waals surface area (Å²) in [5.41, 5.74) is 2.19. The van der Waals surface area contributed by atoms with E-state index in [0.717, 1.165) is 17.0 Å². The Labute approximate surface area is 83.3 Å². The number of hydrogen-bond acceptors (Lipinski definition) is 3. The molecule has 1 heterocycles. The molecule has 0 radical (unpaired) electrons. The van der Waals surface area contributed by atoms with Crippen LogP contribution in [-0.2, 0) is 11.2 Å². The summed E-state index contributed by atoms with van der Waals surface area (Å²) in [5, 5.41) is 0. The lowest BCUT2D eigenvalue weighted by atomic mass is 10.0. The molecule has 0 unspecified atom stereocenters. The zero-order chi connectivity index (χ0) is 10.1. The van der Waals surface area contributed by atoms with Crippen molar-refractivity contribution in [3.63, 3.8) is 0 Å². The molecule has 0 aromatic heterocycles. The van der Waals surface area contributed by atoms with Crippen molar-refractivity contribution in [2.45, 2.75) is 6.42 Å². The molecule has 3 heteroatoms. The van der Waals surface area contributed by atoms with E-state index in [-0.39, 0.29) is 5.78 Å². The zero-order valence-corrected chi connectivity index (χ0v) is 8.41. The molecular formula is C11H13NO2. The van der Waals surface area contributed by atoms with Crippen LogP contribution in [0.25, 0.3) is 0 Å². The number of carbonyl (C=O) groups excluding carboxylic acids is 1. The van der Waals surface area contributed by atoms with E-state index in [4.69, 9.17) is 4.74 Å². The lowest BCUT2D eigenvalue weighted by Gasteiger charge is -2.26. The van der Waals surface area contributed by atoms with Gasteiger partial charge in [0.25, 0.3) is 0 Å². The van der Waals surface area contributed by atoms with Crippen LogP contribution in [0.1, 0.15) is 5.56 Å². The Hall–Kier alpha value is -1.51. The van der Waals surface area contributed by atoms with Gasteiger partial charge in [0.1, 0.15) is 5.75 Å². The first kappa shape index (κ1) is 9.06. The Morgan fingerprint density at radius 1 is 1.43 bits per heavy atom. The highest BCUT2D eigenvalue weighted by Gasteiger charge is 2.19. The molecule has 0 N–H and O–H groups in total. The maximum absolute atomic E-state index is 11.4. The minimum absolute atomic E-state index is 0.258. The van der Waals surface area contributed by atoms with Crippen LogP contribution >= 0.6 is 0 Å². The summed E-state index contributed by atoms with van der Waals surface area (Å²) in [4.78, 5) is 13.3. The van der Waals surface area contributed by atoms with Gasteiger partial charge in [-0.15, -0.1) is 0 Å². The van der Waals surface area contributed by atoms with Gasteiger partial charge >= 0.3 is 0 Å². The van der Waals surface area contributed by atoms with Crippen molar-refractivity contribution in [3.05, 3.63) is 23.8 Å². The third-order valence-electron chi connectivity index (χ3n) is 2.50. The Morgan fingerprint density at radius 3 is 2.93 bits per heavy atom. The Morgan fingerprint density at radius 2 is 2.21 bits per heavy atom. The van der Waals surface area contributed by atoms with Crippen molar-refractivity contribution < 1.29 is 9.53 Å². The number of rotatable bonds is 1. The van der Waals surface area contributed by atoms with E-state index in [1.807, 2.05) is 30.1 Å². The van der Waals surface area contributed by atoms with Crippen LogP contribution in [0.5, 0.6) is 5.75 Å². The van der Waals surface area contributed by atoms with Gasteiger partial charge in [-0.25, -0.2) is 0 Å². The average Bonchev–Trinajstić information content (AvgIpc) is 2.16. The Bertz CT molecular complexity index is 374. The zero-order valence-electron chi connectivity index (χ0n) is 8.41. The predicted octanol–water partition coefficient (Wildman–Crippen LogP) is 1.26. The van der Waals surface area contributed by atoms with Gasteiger partial charge in [-0.2, -0.15) is 0 Å². The van der Waals surface area contributed by atoms with Crippen molar-refractivity contribution in [2.24, 2.45) is 0 Å². The van der Waals surface area contributed by atoms with Crippen LogP contribution in [0.15, 0.2) is 18.2 Å². The molecule has 3 nitrogen and oxygen atoms in total. The van der Waals surface area contributed by atoms with Crippen molar-refractivity contribution in [3.8, 4) is 5.75 Å². The van der Waals surface area contributed by atoms with Crippen LogP contribution < -0.4 is 9.64 Å². The molecule has 0 saturated heterocycles. The molecule has 1 aliphatic rings. The number of nitrogens with zero attached hydrogens (tertiary/aromatic N) is 1. The number of Topliss-reactive ketones (excluding diaryl/α,β-unsaturated/α-hetero) is 1. The van der Waals surface area contributed by atoms with Crippen LogP contribution in [-0.4, -0.2) is 26.5 Å². The minimum Gasteiger partial charge on any atom is -0.497 e. The number of hydrogen-bond donors (Lipinski definition) is 0. The molecule has 0 amide bonds. The van der Waals surface area contributed by atoms with Gasteiger partial charge < -0.3 is 9.64 Å². The second-order valence-electron chi connectivity index (χ2n) is 3.57. The summed E-state index contributed by atoms with van der Waals surface area (Å²) in [5.74, 6) is 1.07. The van der Waals surface area contributed by atoms with Gasteiger partial charge in [0.15, 0.2) is 5.78 Å². The normalized spacial score (nSPS) is 15.3. The number of anilines is 1. The van der Waals surface area contributed by atoms with E-state index in [1.54, 1.807) is 7.11 Å². The summed E-state index contributed by atoms with van der Waals surface area (Å²) in [6.07, 6.45) is 0.525. The van der Waals surface area contributed by atoms with Crippen molar-refractivity contribution in [1.82, 2.24) is 0 Å². The van der Waals surface area contributed by atoms with Gasteiger partial charge in [-0.3, -0.25) is 4.79 Å². The molecule has 1 aromatic rings. The highest BCUT2D eigenvalue weighted by molar-refractivity contribution is 5.90. The van der Waals surface area contributed by atoms with E-state index in [0.29, 0.717) is 13.0 Å². The summed E-state index contributed by atoms with van der Waals surface area (Å²) >= 11 is 0. The van der Waals surface area contributed by atoms with Crippen molar-refractivity contribution in [1.29, 1.82) is 0 Å². The lowest BCUT2D eigenvalue weighted by molar-refractivity contribution is -0.117. The van der Waals surface area contributed by atoms with E-state index < -0.39 is 0 Å². The van der Waals surface area contributed by atoms with Gasteiger partial charge in [0.05, 0.1) is 13.7 Å². The molecule has 0 saturated carbocycles. The fraction of sp³-hybridized carbons (Fsp3) is 0.364. The van der Waals surface area contributed by atoms with Crippen LogP contribution in [0.3, 0.4) is 0 Å². The Balaban J connectivity index is 2.43. The third kappa shape index (κ3) is 1.45. The SMILES string of the molecule is COc1ccc2c(c1)CC(=O)CN2C. The summed E-state index contributed by atoms with van der Waals surface area (Å²) < 4.78 is 5.12. The molecule has 74 valence electrons. The average molecular weight is 191 g/mol. The van der Waals surface area contributed by atoms with Gasteiger partial charge in [0.2, 0.25) is 0 Å².